The highest BCUT2D eigenvalue weighted by Crippen LogP contribution is 2.38. The van der Waals surface area contributed by atoms with Gasteiger partial charge in [-0.3, -0.25) is 14.5 Å². The normalized spacial score (nSPS) is 17.5. The van der Waals surface area contributed by atoms with Crippen molar-refractivity contribution in [2.45, 2.75) is 32.4 Å². The Morgan fingerprint density at radius 1 is 1.00 bits per heavy atom. The van der Waals surface area contributed by atoms with Crippen molar-refractivity contribution < 1.29 is 19.1 Å². The number of ether oxygens (including phenoxy) is 1. The van der Waals surface area contributed by atoms with E-state index < -0.39 is 12.1 Å². The zero-order chi connectivity index (χ0) is 31.4. The van der Waals surface area contributed by atoms with Crippen LogP contribution in [0, 0.1) is 5.41 Å². The highest BCUT2D eigenvalue weighted by Gasteiger charge is 2.46. The SMILES string of the molecule is CN(C)CC(C)(C)CNC(=O)[C@@H](Cc1ccccc1)N1CC2=C(C1=O)[C@H](c1cccc(Oc3ccccc3)c1)NC(=O)N2C. The molecule has 0 fully saturated rings. The van der Waals surface area contributed by atoms with E-state index in [0.29, 0.717) is 35.7 Å². The van der Waals surface area contributed by atoms with Crippen LogP contribution >= 0.6 is 0 Å². The largest absolute Gasteiger partial charge is 0.457 e. The maximum Gasteiger partial charge on any atom is 0.322 e. The monoisotopic (exact) mass is 595 g/mol. The van der Waals surface area contributed by atoms with Gasteiger partial charge in [0.2, 0.25) is 5.91 Å². The molecule has 3 aromatic carbocycles. The molecule has 0 aromatic heterocycles. The van der Waals surface area contributed by atoms with Crippen LogP contribution in [-0.2, 0) is 16.0 Å². The minimum Gasteiger partial charge on any atom is -0.457 e. The van der Waals surface area contributed by atoms with Crippen molar-refractivity contribution in [1.82, 2.24) is 25.3 Å². The molecule has 0 aliphatic carbocycles. The Bertz CT molecular complexity index is 1540. The van der Waals surface area contributed by atoms with Crippen molar-refractivity contribution in [3.8, 4) is 11.5 Å². The third-order valence-electron chi connectivity index (χ3n) is 7.99. The summed E-state index contributed by atoms with van der Waals surface area (Å²) in [6, 6.07) is 24.8. The first-order valence-electron chi connectivity index (χ1n) is 14.9. The van der Waals surface area contributed by atoms with Crippen LogP contribution in [-0.4, -0.2) is 79.4 Å². The molecule has 2 atom stereocenters. The van der Waals surface area contributed by atoms with E-state index in [1.165, 1.54) is 4.90 Å². The Morgan fingerprint density at radius 2 is 1.66 bits per heavy atom. The van der Waals surface area contributed by atoms with Gasteiger partial charge in [-0.1, -0.05) is 74.5 Å². The van der Waals surface area contributed by atoms with Crippen LogP contribution in [0.3, 0.4) is 0 Å². The fourth-order valence-corrected chi connectivity index (χ4v) is 6.01. The molecule has 0 saturated carbocycles. The number of carbonyl (C=O) groups excluding carboxylic acids is 3. The van der Waals surface area contributed by atoms with Crippen LogP contribution < -0.4 is 15.4 Å². The van der Waals surface area contributed by atoms with Crippen LogP contribution in [0.4, 0.5) is 4.79 Å². The zero-order valence-electron chi connectivity index (χ0n) is 26.0. The predicted octanol–water partition coefficient (Wildman–Crippen LogP) is 4.59. The standard InChI is InChI=1S/C35H41N5O4/c1-35(2,23-38(3)4)22-36-32(41)28(19-24-13-8-6-9-14-24)40-21-29-30(33(40)42)31(37-34(43)39(29)5)25-15-12-18-27(20-25)44-26-16-10-7-11-17-26/h6-18,20,28,31H,19,21-23H2,1-5H3,(H,36,41)(H,37,43)/t28-,31+/m1/s1. The molecular weight excluding hydrogens is 554 g/mol. The van der Waals surface area contributed by atoms with E-state index in [4.69, 9.17) is 4.74 Å². The fourth-order valence-electron chi connectivity index (χ4n) is 6.01. The number of nitrogens with zero attached hydrogens (tertiary/aromatic N) is 3. The Labute approximate surface area is 259 Å². The summed E-state index contributed by atoms with van der Waals surface area (Å²) in [6.45, 7) is 5.62. The van der Waals surface area contributed by atoms with Crippen LogP contribution in [0.25, 0.3) is 0 Å². The first kappa shape index (κ1) is 30.8. The molecule has 5 rings (SSSR count). The number of para-hydroxylation sites is 1. The Kier molecular flexibility index (Phi) is 9.06. The maximum atomic E-state index is 14.3. The van der Waals surface area contributed by atoms with E-state index >= 15 is 0 Å². The number of rotatable bonds is 11. The molecule has 2 aliphatic heterocycles. The van der Waals surface area contributed by atoms with Gasteiger partial charge in [0.15, 0.2) is 0 Å². The molecular formula is C35H41N5O4. The number of urea groups is 1. The molecule has 44 heavy (non-hydrogen) atoms. The quantitative estimate of drug-likeness (QED) is 0.338. The van der Waals surface area contributed by atoms with Crippen molar-refractivity contribution in [2.24, 2.45) is 5.41 Å². The molecule has 230 valence electrons. The summed E-state index contributed by atoms with van der Waals surface area (Å²) in [5.41, 5.74) is 2.55. The lowest BCUT2D eigenvalue weighted by Gasteiger charge is -2.32. The molecule has 0 saturated heterocycles. The van der Waals surface area contributed by atoms with E-state index in [-0.39, 0.29) is 29.8 Å². The van der Waals surface area contributed by atoms with Crippen molar-refractivity contribution in [2.75, 3.05) is 40.8 Å². The highest BCUT2D eigenvalue weighted by molar-refractivity contribution is 6.03. The van der Waals surface area contributed by atoms with Gasteiger partial charge in [-0.2, -0.15) is 0 Å². The number of hydrogen-bond acceptors (Lipinski definition) is 5. The molecule has 3 aromatic rings. The smallest absolute Gasteiger partial charge is 0.322 e. The van der Waals surface area contributed by atoms with E-state index in [2.05, 4.69) is 29.4 Å². The van der Waals surface area contributed by atoms with Crippen molar-refractivity contribution in [1.29, 1.82) is 0 Å². The Morgan fingerprint density at radius 3 is 2.34 bits per heavy atom. The molecule has 0 bridgehead atoms. The number of likely N-dealkylation sites (N-methyl/N-ethyl adjacent to an activating group) is 1. The average Bonchev–Trinajstić information content (AvgIpc) is 3.34. The summed E-state index contributed by atoms with van der Waals surface area (Å²) >= 11 is 0. The average molecular weight is 596 g/mol. The van der Waals surface area contributed by atoms with Gasteiger partial charge >= 0.3 is 6.03 Å². The zero-order valence-corrected chi connectivity index (χ0v) is 26.0. The summed E-state index contributed by atoms with van der Waals surface area (Å²) < 4.78 is 6.04. The Hall–Kier alpha value is -4.63. The first-order chi connectivity index (χ1) is 21.0. The number of carbonyl (C=O) groups is 3. The van der Waals surface area contributed by atoms with E-state index in [0.717, 1.165) is 17.7 Å². The van der Waals surface area contributed by atoms with Crippen LogP contribution in [0.15, 0.2) is 96.2 Å². The van der Waals surface area contributed by atoms with Gasteiger partial charge in [0.25, 0.3) is 5.91 Å². The third kappa shape index (κ3) is 6.94. The lowest BCUT2D eigenvalue weighted by molar-refractivity contribution is -0.136. The molecule has 0 spiro atoms. The highest BCUT2D eigenvalue weighted by atomic mass is 16.5. The second-order valence-electron chi connectivity index (χ2n) is 12.5. The van der Waals surface area contributed by atoms with Crippen LogP contribution in [0.1, 0.15) is 31.0 Å². The summed E-state index contributed by atoms with van der Waals surface area (Å²) in [5.74, 6) is 0.789. The molecule has 9 heteroatoms. The molecule has 4 amide bonds. The van der Waals surface area contributed by atoms with Gasteiger partial charge in [-0.05, 0) is 54.9 Å². The van der Waals surface area contributed by atoms with E-state index in [9.17, 15) is 14.4 Å². The first-order valence-corrected chi connectivity index (χ1v) is 14.9. The molecule has 2 heterocycles. The van der Waals surface area contributed by atoms with Crippen LogP contribution in [0.5, 0.6) is 11.5 Å². The lowest BCUT2D eigenvalue weighted by atomic mass is 9.92. The minimum atomic E-state index is -0.762. The fraction of sp³-hybridized carbons (Fsp3) is 0.343. The van der Waals surface area contributed by atoms with Gasteiger partial charge in [0.05, 0.1) is 23.9 Å². The third-order valence-corrected chi connectivity index (χ3v) is 7.99. The lowest BCUT2D eigenvalue weighted by Crippen LogP contribution is -2.52. The second-order valence-corrected chi connectivity index (χ2v) is 12.5. The topological polar surface area (TPSA) is 94.2 Å². The van der Waals surface area contributed by atoms with Crippen molar-refractivity contribution in [3.63, 3.8) is 0 Å². The van der Waals surface area contributed by atoms with Gasteiger partial charge in [-0.15, -0.1) is 0 Å². The van der Waals surface area contributed by atoms with Gasteiger partial charge in [0, 0.05) is 26.6 Å². The number of nitrogens with one attached hydrogen (secondary N) is 2. The number of benzene rings is 3. The number of hydrogen-bond donors (Lipinski definition) is 2. The number of amides is 4. The second kappa shape index (κ2) is 12.9. The molecule has 2 N–H and O–H groups in total. The summed E-state index contributed by atoms with van der Waals surface area (Å²) in [7, 11) is 5.67. The summed E-state index contributed by atoms with van der Waals surface area (Å²) in [4.78, 5) is 46.5. The molecule has 2 aliphatic rings. The molecule has 0 radical (unpaired) electrons. The minimum absolute atomic E-state index is 0.154. The maximum absolute atomic E-state index is 14.3. The Balaban J connectivity index is 1.43. The molecule has 9 nitrogen and oxygen atoms in total. The molecule has 0 unspecified atom stereocenters. The van der Waals surface area contributed by atoms with Gasteiger partial charge < -0.3 is 25.2 Å². The van der Waals surface area contributed by atoms with Crippen molar-refractivity contribution >= 4 is 17.8 Å². The van der Waals surface area contributed by atoms with Gasteiger partial charge in [-0.25, -0.2) is 4.79 Å². The van der Waals surface area contributed by atoms with E-state index in [1.54, 1.807) is 11.9 Å². The van der Waals surface area contributed by atoms with Crippen LogP contribution in [0.2, 0.25) is 0 Å². The van der Waals surface area contributed by atoms with E-state index in [1.807, 2.05) is 99.0 Å². The predicted molar refractivity (Wildman–Crippen MR) is 170 cm³/mol. The summed E-state index contributed by atoms with van der Waals surface area (Å²) in [5, 5.41) is 6.13. The van der Waals surface area contributed by atoms with Crippen molar-refractivity contribution in [3.05, 3.63) is 107 Å². The van der Waals surface area contributed by atoms with Gasteiger partial charge in [0.1, 0.15) is 17.5 Å². The summed E-state index contributed by atoms with van der Waals surface area (Å²) in [6.07, 6.45) is 0.350.